The molecule has 3 aromatic rings. The molecule has 1 aromatic heterocycles. The predicted octanol–water partition coefficient (Wildman–Crippen LogP) is 4.08. The fourth-order valence-electron chi connectivity index (χ4n) is 4.09. The summed E-state index contributed by atoms with van der Waals surface area (Å²) >= 11 is 0. The molecule has 2 N–H and O–H groups in total. The van der Waals surface area contributed by atoms with Crippen molar-refractivity contribution in [2.24, 2.45) is 5.92 Å². The summed E-state index contributed by atoms with van der Waals surface area (Å²) in [6.07, 6.45) is 1.84. The number of carbonyl (C=O) groups is 2. The molecule has 1 aliphatic heterocycles. The van der Waals surface area contributed by atoms with E-state index < -0.39 is 5.92 Å². The van der Waals surface area contributed by atoms with Gasteiger partial charge in [0.25, 0.3) is 0 Å². The maximum atomic E-state index is 13.0. The molecule has 0 amide bonds. The van der Waals surface area contributed by atoms with E-state index in [1.54, 1.807) is 6.92 Å². The maximum absolute atomic E-state index is 13.0. The van der Waals surface area contributed by atoms with Crippen molar-refractivity contribution in [2.45, 2.75) is 12.8 Å². The molecular formula is C22H17N2O2Pd2-. The number of ketones is 2. The number of benzene rings is 2. The maximum Gasteiger partial charge on any atom is 0.174 e. The van der Waals surface area contributed by atoms with Gasteiger partial charge in [0.15, 0.2) is 11.6 Å². The third-order valence-corrected chi connectivity index (χ3v) is 5.44. The summed E-state index contributed by atoms with van der Waals surface area (Å²) in [4.78, 5) is 29.2. The van der Waals surface area contributed by atoms with E-state index in [4.69, 9.17) is 0 Å². The Labute approximate surface area is 190 Å². The molecule has 0 saturated heterocycles. The number of Topliss-reactive ketones (excluding diaryl/α,β-unsaturated/α-hetero) is 2. The number of rotatable bonds is 2. The molecule has 2 unspecified atom stereocenters. The largest absolute Gasteiger partial charge is 0.534 e. The van der Waals surface area contributed by atoms with Crippen molar-refractivity contribution < 1.29 is 50.4 Å². The molecule has 148 valence electrons. The minimum absolute atomic E-state index is 0. The van der Waals surface area contributed by atoms with Crippen molar-refractivity contribution in [3.8, 4) is 0 Å². The number of fused-ring (bicyclic) bond motifs is 2. The van der Waals surface area contributed by atoms with Crippen molar-refractivity contribution in [1.29, 1.82) is 0 Å². The summed E-state index contributed by atoms with van der Waals surface area (Å²) in [5.41, 5.74) is 4.96. The number of allylic oxidation sites excluding steroid dienone is 1. The van der Waals surface area contributed by atoms with Gasteiger partial charge in [-0.1, -0.05) is 42.3 Å². The molecule has 2 aromatic carbocycles. The number of anilines is 1. The number of aromatic nitrogens is 1. The van der Waals surface area contributed by atoms with E-state index >= 15 is 0 Å². The minimum Gasteiger partial charge on any atom is -0.534 e. The Morgan fingerprint density at radius 2 is 1.64 bits per heavy atom. The summed E-state index contributed by atoms with van der Waals surface area (Å²) in [7, 11) is 0. The fraction of sp³-hybridized carbons (Fsp3) is 0.136. The Bertz CT molecular complexity index is 1120. The van der Waals surface area contributed by atoms with Gasteiger partial charge in [0.05, 0.1) is 5.92 Å². The van der Waals surface area contributed by atoms with Crippen LogP contribution in [0.3, 0.4) is 0 Å². The van der Waals surface area contributed by atoms with Crippen LogP contribution in [0.4, 0.5) is 5.69 Å². The molecule has 28 heavy (non-hydrogen) atoms. The normalized spacial score (nSPS) is 20.6. The number of para-hydroxylation sites is 2. The molecule has 2 aliphatic rings. The van der Waals surface area contributed by atoms with Gasteiger partial charge in [-0.25, -0.2) is 6.54 Å². The van der Waals surface area contributed by atoms with Crippen LogP contribution in [0.1, 0.15) is 24.0 Å². The average molecular weight is 554 g/mol. The first kappa shape index (κ1) is 20.9. The van der Waals surface area contributed by atoms with Crippen LogP contribution in [-0.2, 0) is 50.4 Å². The van der Waals surface area contributed by atoms with Crippen molar-refractivity contribution in [1.82, 2.24) is 4.98 Å². The Morgan fingerprint density at radius 3 is 2.46 bits per heavy atom. The zero-order valence-corrected chi connectivity index (χ0v) is 18.0. The molecule has 6 heteroatoms. The summed E-state index contributed by atoms with van der Waals surface area (Å²) in [5, 5.41) is 4.22. The zero-order valence-electron chi connectivity index (χ0n) is 14.9. The van der Waals surface area contributed by atoms with E-state index in [9.17, 15) is 9.59 Å². The van der Waals surface area contributed by atoms with Crippen LogP contribution in [0.2, 0.25) is 0 Å². The van der Waals surface area contributed by atoms with Crippen LogP contribution < -0.4 is 5.32 Å². The number of carbonyl (C=O) groups excluding carboxylic acids is 2. The van der Waals surface area contributed by atoms with Crippen molar-refractivity contribution in [3.05, 3.63) is 78.0 Å². The van der Waals surface area contributed by atoms with E-state index in [1.165, 1.54) is 0 Å². The van der Waals surface area contributed by atoms with Crippen molar-refractivity contribution in [3.63, 3.8) is 0 Å². The molecule has 4 nitrogen and oxygen atoms in total. The number of hydrogen-bond donors (Lipinski definition) is 2. The molecule has 0 saturated carbocycles. The van der Waals surface area contributed by atoms with Gasteiger partial charge >= 0.3 is 0 Å². The summed E-state index contributed by atoms with van der Waals surface area (Å²) in [5.74, 6) is -1.01. The Kier molecular flexibility index (Phi) is 5.90. The second-order valence-corrected chi connectivity index (χ2v) is 6.86. The molecule has 2 heterocycles. The van der Waals surface area contributed by atoms with E-state index in [0.717, 1.165) is 27.7 Å². The van der Waals surface area contributed by atoms with Gasteiger partial charge in [-0.05, 0) is 30.2 Å². The van der Waals surface area contributed by atoms with Crippen LogP contribution in [0.5, 0.6) is 0 Å². The van der Waals surface area contributed by atoms with Gasteiger partial charge < -0.3 is 10.3 Å². The first-order valence-electron chi connectivity index (χ1n) is 8.74. The van der Waals surface area contributed by atoms with Gasteiger partial charge in [-0.15, -0.1) is 0 Å². The fourth-order valence-corrected chi connectivity index (χ4v) is 4.09. The SMILES string of the molecule is CC1C(=O)C(c2c[nH]c3ccccc23)=C(C2[CH-]Nc3ccccc32)C1=O.[Pd].[Pd]. The summed E-state index contributed by atoms with van der Waals surface area (Å²) in [6.45, 7) is 3.62. The average Bonchev–Trinajstić information content (AvgIpc) is 3.33. The van der Waals surface area contributed by atoms with Crippen LogP contribution in [0, 0.1) is 12.5 Å². The minimum atomic E-state index is -0.630. The second-order valence-electron chi connectivity index (χ2n) is 6.86. The number of aromatic amines is 1. The van der Waals surface area contributed by atoms with Crippen molar-refractivity contribution in [2.75, 3.05) is 5.32 Å². The van der Waals surface area contributed by atoms with Crippen molar-refractivity contribution >= 4 is 33.7 Å². The second kappa shape index (κ2) is 7.90. The quantitative estimate of drug-likeness (QED) is 0.286. The molecule has 1 aliphatic carbocycles. The van der Waals surface area contributed by atoms with Crippen LogP contribution >= 0.6 is 0 Å². The van der Waals surface area contributed by atoms with E-state index in [-0.39, 0.29) is 58.3 Å². The van der Waals surface area contributed by atoms with E-state index in [0.29, 0.717) is 11.1 Å². The summed E-state index contributed by atoms with van der Waals surface area (Å²) in [6, 6.07) is 15.8. The summed E-state index contributed by atoms with van der Waals surface area (Å²) < 4.78 is 0. The smallest absolute Gasteiger partial charge is 0.174 e. The zero-order chi connectivity index (χ0) is 17.8. The Hall–Kier alpha value is -1.82. The molecule has 2 atom stereocenters. The molecule has 0 spiro atoms. The number of H-pyrrole nitrogens is 1. The standard InChI is InChI=1S/C22H17N2O2.2Pd/c1-12-21(25)19(15-10-23-17-8-4-2-6-13(15)17)20(22(12)26)16-11-24-18-9-5-3-7-14(16)18;;/h2-12,15,23-24H,1H3;;/q-1;;. The Morgan fingerprint density at radius 1 is 0.929 bits per heavy atom. The first-order valence-corrected chi connectivity index (χ1v) is 8.74. The Balaban J connectivity index is 0.00000112. The van der Waals surface area contributed by atoms with Gasteiger partial charge in [-0.2, -0.15) is 0 Å². The number of nitrogens with one attached hydrogen (secondary N) is 2. The van der Waals surface area contributed by atoms with E-state index in [1.807, 2.05) is 61.3 Å². The predicted molar refractivity (Wildman–Crippen MR) is 102 cm³/mol. The molecule has 0 radical (unpaired) electrons. The van der Waals surface area contributed by atoms with Gasteiger partial charge in [0.2, 0.25) is 0 Å². The van der Waals surface area contributed by atoms with Gasteiger partial charge in [0.1, 0.15) is 0 Å². The van der Waals surface area contributed by atoms with Gasteiger partial charge in [0, 0.05) is 74.8 Å². The topological polar surface area (TPSA) is 62.0 Å². The van der Waals surface area contributed by atoms with Crippen LogP contribution in [0.15, 0.2) is 60.3 Å². The molecule has 0 bridgehead atoms. The van der Waals surface area contributed by atoms with E-state index in [2.05, 4.69) is 10.3 Å². The first-order chi connectivity index (χ1) is 12.7. The third-order valence-electron chi connectivity index (χ3n) is 5.44. The monoisotopic (exact) mass is 553 g/mol. The molecular weight excluding hydrogens is 537 g/mol. The number of hydrogen-bond acceptors (Lipinski definition) is 3. The van der Waals surface area contributed by atoms with Crippen LogP contribution in [0.25, 0.3) is 16.5 Å². The van der Waals surface area contributed by atoms with Gasteiger partial charge in [-0.3, -0.25) is 9.59 Å². The molecule has 5 rings (SSSR count). The van der Waals surface area contributed by atoms with Crippen LogP contribution in [-0.4, -0.2) is 16.6 Å². The third kappa shape index (κ3) is 2.97. The molecule has 0 fully saturated rings.